The lowest BCUT2D eigenvalue weighted by atomic mass is 9.86. The lowest BCUT2D eigenvalue weighted by Crippen LogP contribution is -2.29. The van der Waals surface area contributed by atoms with Crippen LogP contribution in [0.3, 0.4) is 0 Å². The molecule has 0 saturated heterocycles. The van der Waals surface area contributed by atoms with E-state index in [1.807, 2.05) is 18.2 Å². The molecule has 1 aromatic rings. The summed E-state index contributed by atoms with van der Waals surface area (Å²) in [6.07, 6.45) is 4.08. The van der Waals surface area contributed by atoms with Gasteiger partial charge in [0.2, 0.25) is 0 Å². The first-order chi connectivity index (χ1) is 7.19. The molecule has 0 amide bonds. The third-order valence-electron chi connectivity index (χ3n) is 2.60. The Labute approximate surface area is 94.7 Å². The minimum Gasteiger partial charge on any atom is -0.496 e. The maximum atomic E-state index is 5.94. The molecule has 15 heavy (non-hydrogen) atoms. The lowest BCUT2D eigenvalue weighted by molar-refractivity contribution is 0.413. The van der Waals surface area contributed by atoms with Crippen LogP contribution in [0.5, 0.6) is 5.75 Å². The number of halogens is 1. The van der Waals surface area contributed by atoms with Crippen LogP contribution >= 0.6 is 11.6 Å². The molecule has 0 bridgehead atoms. The molecule has 2 rings (SSSR count). The summed E-state index contributed by atoms with van der Waals surface area (Å²) in [6.45, 7) is 0. The summed E-state index contributed by atoms with van der Waals surface area (Å²) in [6, 6.07) is 5.96. The van der Waals surface area contributed by atoms with Gasteiger partial charge >= 0.3 is 0 Å². The monoisotopic (exact) mass is 223 g/mol. The van der Waals surface area contributed by atoms with Crippen LogP contribution in [0.4, 0.5) is 0 Å². The molecule has 0 aliphatic heterocycles. The van der Waals surface area contributed by atoms with E-state index in [9.17, 15) is 0 Å². The molecule has 0 radical (unpaired) electrons. The van der Waals surface area contributed by atoms with Crippen LogP contribution < -0.4 is 10.5 Å². The summed E-state index contributed by atoms with van der Waals surface area (Å²) in [5.41, 5.74) is 8.12. The fourth-order valence-corrected chi connectivity index (χ4v) is 1.95. The number of nitrogens with two attached hydrogens (primary N) is 1. The Morgan fingerprint density at radius 1 is 1.47 bits per heavy atom. The van der Waals surface area contributed by atoms with Crippen molar-refractivity contribution in [1.29, 1.82) is 0 Å². The van der Waals surface area contributed by atoms with E-state index in [1.165, 1.54) is 5.57 Å². The standard InChI is InChI=1S/C12H14ClNO/c1-15-12-3-2-10(13)7-9(12)4-8-5-11(14)6-8/h2-4,7,11H,5-6,14H2,1H3. The molecule has 0 aromatic heterocycles. The molecular weight excluding hydrogens is 210 g/mol. The smallest absolute Gasteiger partial charge is 0.126 e. The molecule has 1 saturated carbocycles. The number of ether oxygens (including phenoxy) is 1. The van der Waals surface area contributed by atoms with Gasteiger partial charge in [-0.25, -0.2) is 0 Å². The normalized spacial score (nSPS) is 19.7. The van der Waals surface area contributed by atoms with Crippen molar-refractivity contribution in [2.45, 2.75) is 18.9 Å². The average molecular weight is 224 g/mol. The predicted molar refractivity (Wildman–Crippen MR) is 63.2 cm³/mol. The van der Waals surface area contributed by atoms with Crippen LogP contribution in [0.25, 0.3) is 6.08 Å². The zero-order valence-electron chi connectivity index (χ0n) is 8.66. The zero-order valence-corrected chi connectivity index (χ0v) is 9.42. The molecule has 2 nitrogen and oxygen atoms in total. The fourth-order valence-electron chi connectivity index (χ4n) is 1.77. The largest absolute Gasteiger partial charge is 0.496 e. The van der Waals surface area contributed by atoms with E-state index >= 15 is 0 Å². The molecule has 1 aromatic carbocycles. The van der Waals surface area contributed by atoms with E-state index in [4.69, 9.17) is 22.1 Å². The van der Waals surface area contributed by atoms with E-state index in [-0.39, 0.29) is 0 Å². The van der Waals surface area contributed by atoms with Gasteiger partial charge in [-0.05, 0) is 31.0 Å². The van der Waals surface area contributed by atoms with Gasteiger partial charge in [0.05, 0.1) is 7.11 Å². The number of benzene rings is 1. The highest BCUT2D eigenvalue weighted by Crippen LogP contribution is 2.31. The third-order valence-corrected chi connectivity index (χ3v) is 2.84. The van der Waals surface area contributed by atoms with Gasteiger partial charge in [-0.2, -0.15) is 0 Å². The minimum absolute atomic E-state index is 0.335. The highest BCUT2D eigenvalue weighted by Gasteiger charge is 2.18. The number of hydrogen-bond donors (Lipinski definition) is 1. The average Bonchev–Trinajstić information content (AvgIpc) is 2.16. The van der Waals surface area contributed by atoms with E-state index in [0.29, 0.717) is 6.04 Å². The number of hydrogen-bond acceptors (Lipinski definition) is 2. The lowest BCUT2D eigenvalue weighted by Gasteiger charge is -2.25. The second kappa shape index (κ2) is 4.25. The molecule has 0 heterocycles. The molecule has 1 aliphatic rings. The second-order valence-electron chi connectivity index (χ2n) is 3.86. The van der Waals surface area contributed by atoms with Crippen LogP contribution in [0.15, 0.2) is 23.8 Å². The second-order valence-corrected chi connectivity index (χ2v) is 4.29. The van der Waals surface area contributed by atoms with Gasteiger partial charge in [0.25, 0.3) is 0 Å². The van der Waals surface area contributed by atoms with Gasteiger partial charge < -0.3 is 10.5 Å². The Bertz CT molecular complexity index is 393. The topological polar surface area (TPSA) is 35.2 Å². The van der Waals surface area contributed by atoms with Crippen molar-refractivity contribution in [2.75, 3.05) is 7.11 Å². The predicted octanol–water partition coefficient (Wildman–Crippen LogP) is 2.85. The summed E-state index contributed by atoms with van der Waals surface area (Å²) < 4.78 is 5.26. The van der Waals surface area contributed by atoms with E-state index < -0.39 is 0 Å². The summed E-state index contributed by atoms with van der Waals surface area (Å²) in [5.74, 6) is 0.854. The van der Waals surface area contributed by atoms with Crippen molar-refractivity contribution in [3.63, 3.8) is 0 Å². The summed E-state index contributed by atoms with van der Waals surface area (Å²) >= 11 is 5.94. The van der Waals surface area contributed by atoms with Gasteiger partial charge in [-0.1, -0.05) is 23.3 Å². The van der Waals surface area contributed by atoms with Gasteiger partial charge in [0.15, 0.2) is 0 Å². The highest BCUT2D eigenvalue weighted by atomic mass is 35.5. The Hall–Kier alpha value is -0.990. The van der Waals surface area contributed by atoms with Crippen LogP contribution in [0.1, 0.15) is 18.4 Å². The minimum atomic E-state index is 0.335. The summed E-state index contributed by atoms with van der Waals surface area (Å²) in [4.78, 5) is 0. The van der Waals surface area contributed by atoms with Crippen LogP contribution in [-0.4, -0.2) is 13.2 Å². The van der Waals surface area contributed by atoms with Crippen molar-refractivity contribution in [3.05, 3.63) is 34.4 Å². The van der Waals surface area contributed by atoms with Crippen LogP contribution in [0, 0.1) is 0 Å². The summed E-state index contributed by atoms with van der Waals surface area (Å²) in [7, 11) is 1.66. The molecule has 0 unspecified atom stereocenters. The molecule has 0 spiro atoms. The van der Waals surface area contributed by atoms with Crippen molar-refractivity contribution in [3.8, 4) is 5.75 Å². The van der Waals surface area contributed by atoms with Crippen LogP contribution in [-0.2, 0) is 0 Å². The Kier molecular flexibility index (Phi) is 2.98. The Balaban J connectivity index is 2.26. The van der Waals surface area contributed by atoms with Crippen molar-refractivity contribution >= 4 is 17.7 Å². The van der Waals surface area contributed by atoms with E-state index in [1.54, 1.807) is 7.11 Å². The highest BCUT2D eigenvalue weighted by molar-refractivity contribution is 6.30. The first kappa shape index (κ1) is 10.5. The molecule has 1 fully saturated rings. The van der Waals surface area contributed by atoms with E-state index in [2.05, 4.69) is 6.08 Å². The quantitative estimate of drug-likeness (QED) is 0.837. The van der Waals surface area contributed by atoms with Crippen molar-refractivity contribution in [2.24, 2.45) is 5.73 Å². The van der Waals surface area contributed by atoms with Crippen molar-refractivity contribution < 1.29 is 4.74 Å². The van der Waals surface area contributed by atoms with Gasteiger partial charge in [-0.3, -0.25) is 0 Å². The zero-order chi connectivity index (χ0) is 10.8. The molecule has 80 valence electrons. The Morgan fingerprint density at radius 2 is 2.20 bits per heavy atom. The fraction of sp³-hybridized carbons (Fsp3) is 0.333. The van der Waals surface area contributed by atoms with Crippen LogP contribution in [0.2, 0.25) is 5.02 Å². The maximum Gasteiger partial charge on any atom is 0.126 e. The molecule has 0 atom stereocenters. The van der Waals surface area contributed by atoms with Gasteiger partial charge in [0.1, 0.15) is 5.75 Å². The first-order valence-corrected chi connectivity index (χ1v) is 5.35. The van der Waals surface area contributed by atoms with E-state index in [0.717, 1.165) is 29.2 Å². The molecule has 3 heteroatoms. The number of rotatable bonds is 2. The van der Waals surface area contributed by atoms with Gasteiger partial charge in [0, 0.05) is 16.6 Å². The third kappa shape index (κ3) is 2.33. The molecular formula is C12H14ClNO. The summed E-state index contributed by atoms with van der Waals surface area (Å²) in [5, 5.41) is 0.728. The molecule has 1 aliphatic carbocycles. The van der Waals surface area contributed by atoms with Gasteiger partial charge in [-0.15, -0.1) is 0 Å². The molecule has 2 N–H and O–H groups in total. The first-order valence-electron chi connectivity index (χ1n) is 4.97. The maximum absolute atomic E-state index is 5.94. The number of methoxy groups -OCH3 is 1. The Morgan fingerprint density at radius 3 is 2.80 bits per heavy atom. The van der Waals surface area contributed by atoms with Crippen molar-refractivity contribution in [1.82, 2.24) is 0 Å². The SMILES string of the molecule is COc1ccc(Cl)cc1C=C1CC(N)C1.